The Balaban J connectivity index is 1.60. The van der Waals surface area contributed by atoms with Crippen LogP contribution < -0.4 is 10.4 Å². The minimum absolute atomic E-state index is 0.223. The molecule has 0 atom stereocenters. The van der Waals surface area contributed by atoms with Crippen LogP contribution in [0.5, 0.6) is 5.75 Å². The van der Waals surface area contributed by atoms with Crippen LogP contribution in [0.1, 0.15) is 11.1 Å². The smallest absolute Gasteiger partial charge is 0.351 e. The summed E-state index contributed by atoms with van der Waals surface area (Å²) < 4.78 is 8.28. The molecule has 0 bridgehead atoms. The molecule has 1 aromatic carbocycles. The Hall–Kier alpha value is -2.91. The maximum absolute atomic E-state index is 13.2. The van der Waals surface area contributed by atoms with Crippen LogP contribution in [0.15, 0.2) is 47.7 Å². The lowest BCUT2D eigenvalue weighted by Gasteiger charge is -2.26. The van der Waals surface area contributed by atoms with Gasteiger partial charge < -0.3 is 4.74 Å². The first-order chi connectivity index (χ1) is 14.7. The highest BCUT2D eigenvalue weighted by atomic mass is 32.2. The molecule has 1 fully saturated rings. The van der Waals surface area contributed by atoms with Gasteiger partial charge in [-0.25, -0.2) is 9.78 Å². The van der Waals surface area contributed by atoms with Crippen molar-refractivity contribution in [2.45, 2.75) is 13.1 Å². The first-order valence-corrected chi connectivity index (χ1v) is 11.0. The molecule has 3 aromatic heterocycles. The van der Waals surface area contributed by atoms with Crippen LogP contribution in [0.4, 0.5) is 0 Å². The zero-order valence-corrected chi connectivity index (χ0v) is 17.5. The first kappa shape index (κ1) is 19.1. The Bertz CT molecular complexity index is 1240. The molecule has 0 unspecified atom stereocenters. The van der Waals surface area contributed by atoms with E-state index in [-0.39, 0.29) is 5.69 Å². The molecule has 4 heterocycles. The zero-order chi connectivity index (χ0) is 20.5. The summed E-state index contributed by atoms with van der Waals surface area (Å²) in [6, 6.07) is 9.80. The van der Waals surface area contributed by atoms with Gasteiger partial charge in [-0.2, -0.15) is 21.4 Å². The number of methoxy groups -OCH3 is 1. The molecule has 0 aliphatic carbocycles. The molecule has 1 aliphatic heterocycles. The predicted octanol–water partition coefficient (Wildman–Crippen LogP) is 2.04. The van der Waals surface area contributed by atoms with Gasteiger partial charge in [-0.05, 0) is 29.3 Å². The average molecular weight is 423 g/mol. The second-order valence-electron chi connectivity index (χ2n) is 7.31. The van der Waals surface area contributed by atoms with E-state index in [9.17, 15) is 4.79 Å². The number of benzene rings is 1. The van der Waals surface area contributed by atoms with Crippen LogP contribution in [0.3, 0.4) is 0 Å². The molecule has 4 aromatic rings. The first-order valence-electron chi connectivity index (χ1n) is 9.87. The third-order valence-electron chi connectivity index (χ3n) is 5.40. The fourth-order valence-electron chi connectivity index (χ4n) is 3.80. The Labute approximate surface area is 177 Å². The average Bonchev–Trinajstić information content (AvgIpc) is 3.28. The predicted molar refractivity (Wildman–Crippen MR) is 117 cm³/mol. The summed E-state index contributed by atoms with van der Waals surface area (Å²) in [5.74, 6) is 3.10. The normalized spacial score (nSPS) is 15.1. The molecule has 154 valence electrons. The summed E-state index contributed by atoms with van der Waals surface area (Å²) in [5, 5.41) is 4.12. The minimum atomic E-state index is -0.223. The Morgan fingerprint density at radius 3 is 2.63 bits per heavy atom. The molecular weight excluding hydrogens is 400 g/mol. The van der Waals surface area contributed by atoms with Gasteiger partial charge >= 0.3 is 5.69 Å². The van der Waals surface area contributed by atoms with Crippen molar-refractivity contribution in [2.75, 3.05) is 31.7 Å². The van der Waals surface area contributed by atoms with Gasteiger partial charge in [-0.1, -0.05) is 12.1 Å². The van der Waals surface area contributed by atoms with Crippen molar-refractivity contribution in [1.82, 2.24) is 29.0 Å². The van der Waals surface area contributed by atoms with Crippen molar-refractivity contribution in [2.24, 2.45) is 0 Å². The number of rotatable bonds is 5. The SMILES string of the molecule is COc1ccc(Cn2c(=O)n3ncnc3c3ncc(CN4CCSCC4)cc32)cc1. The fraction of sp³-hybridized carbons (Fsp3) is 0.333. The number of pyridine rings is 1. The maximum atomic E-state index is 13.2. The van der Waals surface area contributed by atoms with Gasteiger partial charge in [-0.15, -0.1) is 0 Å². The van der Waals surface area contributed by atoms with E-state index < -0.39 is 0 Å². The number of hydrogen-bond donors (Lipinski definition) is 0. The molecule has 9 heteroatoms. The fourth-order valence-corrected chi connectivity index (χ4v) is 4.78. The van der Waals surface area contributed by atoms with Crippen molar-refractivity contribution < 1.29 is 4.74 Å². The Morgan fingerprint density at radius 1 is 1.07 bits per heavy atom. The maximum Gasteiger partial charge on any atom is 0.351 e. The van der Waals surface area contributed by atoms with Crippen LogP contribution in [0, 0.1) is 0 Å². The van der Waals surface area contributed by atoms with Crippen LogP contribution in [-0.2, 0) is 13.1 Å². The Kier molecular flexibility index (Phi) is 5.14. The quantitative estimate of drug-likeness (QED) is 0.487. The van der Waals surface area contributed by atoms with Gasteiger partial charge in [-0.3, -0.25) is 14.5 Å². The molecule has 5 rings (SSSR count). The lowest BCUT2D eigenvalue weighted by Crippen LogP contribution is -2.32. The molecule has 0 spiro atoms. The zero-order valence-electron chi connectivity index (χ0n) is 16.7. The van der Waals surface area contributed by atoms with E-state index >= 15 is 0 Å². The third-order valence-corrected chi connectivity index (χ3v) is 6.34. The number of ether oxygens (including phenoxy) is 1. The number of hydrogen-bond acceptors (Lipinski definition) is 7. The third kappa shape index (κ3) is 3.54. The summed E-state index contributed by atoms with van der Waals surface area (Å²) in [6.45, 7) is 3.40. The van der Waals surface area contributed by atoms with Crippen LogP contribution in [0.25, 0.3) is 16.7 Å². The van der Waals surface area contributed by atoms with Crippen molar-refractivity contribution in [3.63, 3.8) is 0 Å². The number of fused-ring (bicyclic) bond motifs is 3. The molecule has 0 saturated carbocycles. The lowest BCUT2D eigenvalue weighted by atomic mass is 10.2. The largest absolute Gasteiger partial charge is 0.497 e. The monoisotopic (exact) mass is 422 g/mol. The number of nitrogens with zero attached hydrogens (tertiary/aromatic N) is 6. The second kappa shape index (κ2) is 8.08. The van der Waals surface area contributed by atoms with Gasteiger partial charge in [0.2, 0.25) is 0 Å². The van der Waals surface area contributed by atoms with Crippen molar-refractivity contribution in [1.29, 1.82) is 0 Å². The molecule has 0 amide bonds. The highest BCUT2D eigenvalue weighted by Gasteiger charge is 2.16. The van der Waals surface area contributed by atoms with Crippen molar-refractivity contribution in [3.05, 3.63) is 64.5 Å². The summed E-state index contributed by atoms with van der Waals surface area (Å²) in [4.78, 5) is 24.6. The van der Waals surface area contributed by atoms with Gasteiger partial charge in [0.25, 0.3) is 0 Å². The summed E-state index contributed by atoms with van der Waals surface area (Å²) in [5.41, 5.74) is 3.82. The van der Waals surface area contributed by atoms with Crippen LogP contribution in [0.2, 0.25) is 0 Å². The van der Waals surface area contributed by atoms with E-state index in [4.69, 9.17) is 4.74 Å². The molecule has 1 saturated heterocycles. The summed E-state index contributed by atoms with van der Waals surface area (Å²) >= 11 is 1.99. The van der Waals surface area contributed by atoms with E-state index in [1.807, 2.05) is 42.2 Å². The highest BCUT2D eigenvalue weighted by molar-refractivity contribution is 7.99. The highest BCUT2D eigenvalue weighted by Crippen LogP contribution is 2.20. The van der Waals surface area contributed by atoms with E-state index in [1.54, 1.807) is 11.7 Å². The summed E-state index contributed by atoms with van der Waals surface area (Å²) in [7, 11) is 1.64. The van der Waals surface area contributed by atoms with Gasteiger partial charge in [0, 0.05) is 37.3 Å². The standard InChI is InChI=1S/C21H22N6O2S/c1-29-17-4-2-15(3-5-17)13-26-18-10-16(12-25-6-8-30-9-7-25)11-22-19(18)20-23-14-24-27(20)21(26)28/h2-5,10-11,14H,6-9,12-13H2,1H3. The topological polar surface area (TPSA) is 77.5 Å². The van der Waals surface area contributed by atoms with E-state index in [0.29, 0.717) is 17.7 Å². The lowest BCUT2D eigenvalue weighted by molar-refractivity contribution is 0.294. The molecule has 1 aliphatic rings. The second-order valence-corrected chi connectivity index (χ2v) is 8.54. The van der Waals surface area contributed by atoms with Gasteiger partial charge in [0.1, 0.15) is 17.6 Å². The van der Waals surface area contributed by atoms with Crippen LogP contribution >= 0.6 is 11.8 Å². The van der Waals surface area contributed by atoms with Crippen LogP contribution in [-0.4, -0.2) is 60.8 Å². The van der Waals surface area contributed by atoms with Gasteiger partial charge in [0.15, 0.2) is 5.65 Å². The molecular formula is C21H22N6O2S. The van der Waals surface area contributed by atoms with E-state index in [2.05, 4.69) is 26.0 Å². The van der Waals surface area contributed by atoms with Gasteiger partial charge in [0.05, 0.1) is 19.2 Å². The number of thioether (sulfide) groups is 1. The molecule has 30 heavy (non-hydrogen) atoms. The minimum Gasteiger partial charge on any atom is -0.497 e. The van der Waals surface area contributed by atoms with E-state index in [1.165, 1.54) is 10.8 Å². The van der Waals surface area contributed by atoms with E-state index in [0.717, 1.165) is 53.5 Å². The molecule has 0 radical (unpaired) electrons. The molecule has 8 nitrogen and oxygen atoms in total. The van der Waals surface area contributed by atoms with Crippen molar-refractivity contribution in [3.8, 4) is 5.75 Å². The van der Waals surface area contributed by atoms with Crippen molar-refractivity contribution >= 4 is 28.4 Å². The molecule has 0 N–H and O–H groups in total. The Morgan fingerprint density at radius 2 is 1.87 bits per heavy atom. The summed E-state index contributed by atoms with van der Waals surface area (Å²) in [6.07, 6.45) is 3.29. The number of aromatic nitrogens is 5.